The Bertz CT molecular complexity index is 463. The zero-order valence-electron chi connectivity index (χ0n) is 9.92. The molecule has 3 nitrogen and oxygen atoms in total. The average molecular weight is 343 g/mol. The number of nitriles is 1. The minimum absolute atomic E-state index is 0.227. The molecule has 0 fully saturated rings. The standard InChI is InChI=1S/C13H14INO2/c1-3-9-5-6-10(7-12(16)17-4-2)13(14)11(9)8-15/h5-6H,3-4,7H2,1-2H3. The molecule has 0 aliphatic heterocycles. The fourth-order valence-electron chi connectivity index (χ4n) is 1.58. The first kappa shape index (κ1) is 14.0. The first-order valence-corrected chi connectivity index (χ1v) is 6.57. The van der Waals surface area contributed by atoms with Gasteiger partial charge in [-0.15, -0.1) is 0 Å². The molecule has 0 saturated heterocycles. The first-order chi connectivity index (χ1) is 8.13. The third-order valence-corrected chi connectivity index (χ3v) is 3.67. The van der Waals surface area contributed by atoms with Gasteiger partial charge in [-0.1, -0.05) is 19.1 Å². The summed E-state index contributed by atoms with van der Waals surface area (Å²) in [6.07, 6.45) is 1.05. The maximum atomic E-state index is 11.4. The summed E-state index contributed by atoms with van der Waals surface area (Å²) in [4.78, 5) is 11.4. The molecule has 4 heteroatoms. The number of hydrogen-bond donors (Lipinski definition) is 0. The lowest BCUT2D eigenvalue weighted by atomic mass is 10.0. The van der Waals surface area contributed by atoms with Crippen LogP contribution in [0.5, 0.6) is 0 Å². The summed E-state index contributed by atoms with van der Waals surface area (Å²) in [6.45, 7) is 4.18. The Kier molecular flexibility index (Phi) is 5.42. The number of carbonyl (C=O) groups is 1. The normalized spacial score (nSPS) is 9.76. The van der Waals surface area contributed by atoms with Gasteiger partial charge in [0.1, 0.15) is 6.07 Å². The van der Waals surface area contributed by atoms with Crippen LogP contribution in [0.15, 0.2) is 12.1 Å². The zero-order valence-corrected chi connectivity index (χ0v) is 12.1. The second kappa shape index (κ2) is 6.60. The summed E-state index contributed by atoms with van der Waals surface area (Å²) in [5, 5.41) is 9.12. The van der Waals surface area contributed by atoms with Gasteiger partial charge < -0.3 is 4.74 Å². The molecule has 0 atom stereocenters. The SMILES string of the molecule is CCOC(=O)Cc1ccc(CC)c(C#N)c1I. The molecule has 0 bridgehead atoms. The van der Waals surface area contributed by atoms with Gasteiger partial charge in [-0.2, -0.15) is 5.26 Å². The zero-order chi connectivity index (χ0) is 12.8. The van der Waals surface area contributed by atoms with Gasteiger partial charge in [0.2, 0.25) is 0 Å². The van der Waals surface area contributed by atoms with Crippen molar-refractivity contribution in [2.75, 3.05) is 6.61 Å². The van der Waals surface area contributed by atoms with Crippen LogP contribution in [-0.2, 0) is 22.4 Å². The van der Waals surface area contributed by atoms with Crippen LogP contribution in [0, 0.1) is 14.9 Å². The predicted molar refractivity (Wildman–Crippen MR) is 73.6 cm³/mol. The molecule has 0 aromatic heterocycles. The van der Waals surface area contributed by atoms with Crippen molar-refractivity contribution in [1.29, 1.82) is 5.26 Å². The summed E-state index contributed by atoms with van der Waals surface area (Å²) < 4.78 is 5.76. The largest absolute Gasteiger partial charge is 0.466 e. The van der Waals surface area contributed by atoms with Gasteiger partial charge in [0.15, 0.2) is 0 Å². The number of rotatable bonds is 4. The highest BCUT2D eigenvalue weighted by molar-refractivity contribution is 14.1. The Hall–Kier alpha value is -1.09. The van der Waals surface area contributed by atoms with Crippen LogP contribution in [-0.4, -0.2) is 12.6 Å². The van der Waals surface area contributed by atoms with Gasteiger partial charge in [-0.25, -0.2) is 0 Å². The summed E-state index contributed by atoms with van der Waals surface area (Å²) in [5.74, 6) is -0.251. The van der Waals surface area contributed by atoms with Crippen LogP contribution in [0.25, 0.3) is 0 Å². The lowest BCUT2D eigenvalue weighted by Crippen LogP contribution is -2.09. The number of carbonyl (C=O) groups excluding carboxylic acids is 1. The first-order valence-electron chi connectivity index (χ1n) is 5.50. The highest BCUT2D eigenvalue weighted by atomic mass is 127. The molecule has 0 aliphatic carbocycles. The number of halogens is 1. The lowest BCUT2D eigenvalue weighted by Gasteiger charge is -2.09. The van der Waals surface area contributed by atoms with Gasteiger partial charge in [0, 0.05) is 3.57 Å². The van der Waals surface area contributed by atoms with Crippen LogP contribution in [0.3, 0.4) is 0 Å². The van der Waals surface area contributed by atoms with Crippen LogP contribution >= 0.6 is 22.6 Å². The molecule has 1 aromatic rings. The van der Waals surface area contributed by atoms with Crippen LogP contribution in [0.4, 0.5) is 0 Å². The quantitative estimate of drug-likeness (QED) is 0.624. The Morgan fingerprint density at radius 2 is 2.06 bits per heavy atom. The highest BCUT2D eigenvalue weighted by Gasteiger charge is 2.13. The Morgan fingerprint density at radius 3 is 2.59 bits per heavy atom. The topological polar surface area (TPSA) is 50.1 Å². The van der Waals surface area contributed by atoms with E-state index in [9.17, 15) is 4.79 Å². The van der Waals surface area contributed by atoms with E-state index in [0.29, 0.717) is 12.2 Å². The van der Waals surface area contributed by atoms with Crippen LogP contribution in [0.1, 0.15) is 30.5 Å². The second-order valence-corrected chi connectivity index (χ2v) is 4.60. The van der Waals surface area contributed by atoms with E-state index >= 15 is 0 Å². The van der Waals surface area contributed by atoms with E-state index in [1.54, 1.807) is 6.92 Å². The van der Waals surface area contributed by atoms with E-state index < -0.39 is 0 Å². The van der Waals surface area contributed by atoms with E-state index in [1.165, 1.54) is 0 Å². The van der Waals surface area contributed by atoms with Crippen molar-refractivity contribution < 1.29 is 9.53 Å². The smallest absolute Gasteiger partial charge is 0.310 e. The number of nitrogens with zero attached hydrogens (tertiary/aromatic N) is 1. The van der Waals surface area contributed by atoms with E-state index in [-0.39, 0.29) is 12.4 Å². The molecule has 0 heterocycles. The molecule has 0 aliphatic rings. The second-order valence-electron chi connectivity index (χ2n) is 3.52. The molecular formula is C13H14INO2. The molecule has 0 amide bonds. The van der Waals surface area contributed by atoms with Crippen LogP contribution < -0.4 is 0 Å². The van der Waals surface area contributed by atoms with Crippen molar-refractivity contribution in [3.63, 3.8) is 0 Å². The molecule has 0 N–H and O–H groups in total. The maximum absolute atomic E-state index is 11.4. The summed E-state index contributed by atoms with van der Waals surface area (Å²) in [5.41, 5.74) is 2.55. The third-order valence-electron chi connectivity index (χ3n) is 2.44. The summed E-state index contributed by atoms with van der Waals surface area (Å²) in [6, 6.07) is 6.01. The number of esters is 1. The monoisotopic (exact) mass is 343 g/mol. The molecule has 0 unspecified atom stereocenters. The van der Waals surface area contributed by atoms with E-state index in [0.717, 1.165) is 21.1 Å². The molecule has 0 spiro atoms. The molecular weight excluding hydrogens is 329 g/mol. The summed E-state index contributed by atoms with van der Waals surface area (Å²) >= 11 is 2.12. The lowest BCUT2D eigenvalue weighted by molar-refractivity contribution is -0.142. The molecule has 1 aromatic carbocycles. The fraction of sp³-hybridized carbons (Fsp3) is 0.385. The van der Waals surface area contributed by atoms with Gasteiger partial charge in [-0.05, 0) is 47.1 Å². The maximum Gasteiger partial charge on any atom is 0.310 e. The van der Waals surface area contributed by atoms with Crippen molar-refractivity contribution in [1.82, 2.24) is 0 Å². The van der Waals surface area contributed by atoms with E-state index in [4.69, 9.17) is 10.00 Å². The molecule has 0 saturated carbocycles. The Labute approximate surface area is 115 Å². The average Bonchev–Trinajstić information content (AvgIpc) is 2.31. The third kappa shape index (κ3) is 3.43. The fourth-order valence-corrected chi connectivity index (χ4v) is 2.42. The van der Waals surface area contributed by atoms with E-state index in [2.05, 4.69) is 28.7 Å². The predicted octanol–water partition coefficient (Wildman–Crippen LogP) is 2.83. The molecule has 90 valence electrons. The van der Waals surface area contributed by atoms with Crippen molar-refractivity contribution in [3.05, 3.63) is 32.4 Å². The number of ether oxygens (including phenoxy) is 1. The highest BCUT2D eigenvalue weighted by Crippen LogP contribution is 2.22. The van der Waals surface area contributed by atoms with Crippen molar-refractivity contribution >= 4 is 28.6 Å². The van der Waals surface area contributed by atoms with Crippen molar-refractivity contribution in [2.45, 2.75) is 26.7 Å². The molecule has 0 radical (unpaired) electrons. The Morgan fingerprint density at radius 1 is 1.41 bits per heavy atom. The number of benzene rings is 1. The van der Waals surface area contributed by atoms with Crippen molar-refractivity contribution in [2.24, 2.45) is 0 Å². The van der Waals surface area contributed by atoms with Gasteiger partial charge >= 0.3 is 5.97 Å². The van der Waals surface area contributed by atoms with Crippen molar-refractivity contribution in [3.8, 4) is 6.07 Å². The number of hydrogen-bond acceptors (Lipinski definition) is 3. The Balaban J connectivity index is 3.04. The van der Waals surface area contributed by atoms with Gasteiger partial charge in [0.05, 0.1) is 18.6 Å². The van der Waals surface area contributed by atoms with Crippen LogP contribution in [0.2, 0.25) is 0 Å². The van der Waals surface area contributed by atoms with Gasteiger partial charge in [-0.3, -0.25) is 4.79 Å². The minimum atomic E-state index is -0.251. The molecule has 1 rings (SSSR count). The molecule has 17 heavy (non-hydrogen) atoms. The van der Waals surface area contributed by atoms with Gasteiger partial charge in [0.25, 0.3) is 0 Å². The minimum Gasteiger partial charge on any atom is -0.466 e. The number of aryl methyl sites for hydroxylation is 1. The summed E-state index contributed by atoms with van der Waals surface area (Å²) in [7, 11) is 0. The van der Waals surface area contributed by atoms with E-state index in [1.807, 2.05) is 19.1 Å².